The number of rotatable bonds is 4. The van der Waals surface area contributed by atoms with Gasteiger partial charge in [0.15, 0.2) is 0 Å². The van der Waals surface area contributed by atoms with Crippen molar-refractivity contribution in [3.63, 3.8) is 0 Å². The maximum Gasteiger partial charge on any atom is 0.435 e. The molecule has 0 saturated carbocycles. The highest BCUT2D eigenvalue weighted by Crippen LogP contribution is 2.56. The van der Waals surface area contributed by atoms with Crippen LogP contribution in [-0.4, -0.2) is 12.4 Å². The van der Waals surface area contributed by atoms with Crippen LogP contribution in [0, 0.1) is 21.0 Å². The molecule has 0 unspecified atom stereocenters. The van der Waals surface area contributed by atoms with Crippen LogP contribution in [0.1, 0.15) is 30.0 Å². The van der Waals surface area contributed by atoms with Crippen molar-refractivity contribution < 1.29 is 30.7 Å². The Kier molecular flexibility index (Phi) is 6.33. The van der Waals surface area contributed by atoms with Gasteiger partial charge in [0.1, 0.15) is 0 Å². The Hall–Kier alpha value is -1.83. The molecule has 0 aliphatic heterocycles. The van der Waals surface area contributed by atoms with Crippen LogP contribution in [0.4, 0.5) is 30.7 Å². The van der Waals surface area contributed by atoms with Crippen molar-refractivity contribution in [2.45, 2.75) is 37.8 Å². The van der Waals surface area contributed by atoms with Gasteiger partial charge in [0.25, 0.3) is 0 Å². The molecule has 2 rings (SSSR count). The van der Waals surface area contributed by atoms with Crippen LogP contribution in [-0.2, 0) is 12.1 Å². The minimum absolute atomic E-state index is 0.0508. The first-order valence-corrected chi connectivity index (χ1v) is 9.02. The molecule has 1 nitrogen and oxygen atoms in total. The van der Waals surface area contributed by atoms with E-state index in [9.17, 15) is 30.7 Å². The molecule has 0 aromatic heterocycles. The van der Waals surface area contributed by atoms with Gasteiger partial charge < -0.3 is 0 Å². The largest absolute Gasteiger partial charge is 0.435 e. The number of halogens is 8. The number of alkyl halides is 7. The molecule has 0 fully saturated rings. The summed E-state index contributed by atoms with van der Waals surface area (Å²) < 4.78 is 95.2. The maximum absolute atomic E-state index is 14.9. The molecule has 9 heteroatoms. The lowest BCUT2D eigenvalue weighted by Crippen LogP contribution is -2.50. The third-order valence-corrected chi connectivity index (χ3v) is 4.86. The summed E-state index contributed by atoms with van der Waals surface area (Å²) in [6.45, 7) is 1.69. The third-order valence-electron chi connectivity index (χ3n) is 4.05. The first-order chi connectivity index (χ1) is 12.9. The highest BCUT2D eigenvalue weighted by Gasteiger charge is 2.74. The summed E-state index contributed by atoms with van der Waals surface area (Å²) in [6, 6.07) is 9.94. The van der Waals surface area contributed by atoms with E-state index in [2.05, 4.69) is 6.07 Å². The molecule has 0 saturated heterocycles. The number of nitriles is 1. The van der Waals surface area contributed by atoms with E-state index in [4.69, 9.17) is 5.26 Å². The molecule has 0 bridgehead atoms. The molecule has 2 aromatic rings. The van der Waals surface area contributed by atoms with E-state index >= 15 is 0 Å². The molecule has 0 spiro atoms. The zero-order valence-corrected chi connectivity index (χ0v) is 16.4. The lowest BCUT2D eigenvalue weighted by atomic mass is 9.85. The zero-order chi connectivity index (χ0) is 21.3. The predicted octanol–water partition coefficient (Wildman–Crippen LogP) is 6.87. The Morgan fingerprint density at radius 2 is 1.54 bits per heavy atom. The Bertz CT molecular complexity index is 879. The lowest BCUT2D eigenvalue weighted by molar-refractivity contribution is -0.348. The SMILES string of the molecule is CCCc1[c]c(I)c(-c2ccc(C#N)cc2)c(C(F)(C(F)(F)F)C(F)(F)F)c1. The van der Waals surface area contributed by atoms with E-state index in [1.54, 1.807) is 35.6 Å². The monoisotopic (exact) mass is 514 g/mol. The van der Waals surface area contributed by atoms with Crippen molar-refractivity contribution in [2.24, 2.45) is 0 Å². The summed E-state index contributed by atoms with van der Waals surface area (Å²) in [4.78, 5) is 0. The second kappa shape index (κ2) is 7.89. The summed E-state index contributed by atoms with van der Waals surface area (Å²) in [5, 5.41) is 8.83. The van der Waals surface area contributed by atoms with Crippen molar-refractivity contribution >= 4 is 22.6 Å². The van der Waals surface area contributed by atoms with Crippen LogP contribution in [0.3, 0.4) is 0 Å². The molecular weight excluding hydrogens is 502 g/mol. The second-order valence-corrected chi connectivity index (χ2v) is 7.07. The van der Waals surface area contributed by atoms with Gasteiger partial charge in [-0.15, -0.1) is 0 Å². The number of hydrogen-bond acceptors (Lipinski definition) is 1. The summed E-state index contributed by atoms with van der Waals surface area (Å²) in [6.07, 6.45) is -11.9. The molecule has 0 aliphatic rings. The van der Waals surface area contributed by atoms with Gasteiger partial charge in [-0.3, -0.25) is 0 Å². The van der Waals surface area contributed by atoms with E-state index in [-0.39, 0.29) is 26.7 Å². The predicted molar refractivity (Wildman–Crippen MR) is 97.0 cm³/mol. The van der Waals surface area contributed by atoms with Crippen LogP contribution in [0.25, 0.3) is 11.1 Å². The van der Waals surface area contributed by atoms with E-state index in [1.807, 2.05) is 0 Å². The highest BCUT2D eigenvalue weighted by molar-refractivity contribution is 14.1. The van der Waals surface area contributed by atoms with Crippen molar-refractivity contribution in [2.75, 3.05) is 0 Å². The van der Waals surface area contributed by atoms with E-state index < -0.39 is 29.1 Å². The molecule has 0 atom stereocenters. The number of nitrogens with zero attached hydrogens (tertiary/aromatic N) is 1. The van der Waals surface area contributed by atoms with Gasteiger partial charge in [0, 0.05) is 20.8 Å². The van der Waals surface area contributed by atoms with E-state index in [1.165, 1.54) is 24.3 Å². The number of hydrogen-bond donors (Lipinski definition) is 0. The zero-order valence-electron chi connectivity index (χ0n) is 14.3. The fraction of sp³-hybridized carbons (Fsp3) is 0.316. The Balaban J connectivity index is 2.91. The van der Waals surface area contributed by atoms with Gasteiger partial charge in [0.2, 0.25) is 0 Å². The lowest BCUT2D eigenvalue weighted by Gasteiger charge is -2.32. The molecule has 1 radical (unpaired) electrons. The number of benzene rings is 2. The molecule has 0 heterocycles. The van der Waals surface area contributed by atoms with Crippen molar-refractivity contribution in [3.8, 4) is 17.2 Å². The quantitative estimate of drug-likeness (QED) is 0.323. The van der Waals surface area contributed by atoms with E-state index in [0.717, 1.165) is 0 Å². The van der Waals surface area contributed by atoms with Gasteiger partial charge in [-0.2, -0.15) is 31.6 Å². The smallest absolute Gasteiger partial charge is 0.218 e. The molecular formula is C19H12F7IN. The van der Waals surface area contributed by atoms with Crippen LogP contribution < -0.4 is 0 Å². The second-order valence-electron chi connectivity index (χ2n) is 5.99. The Morgan fingerprint density at radius 1 is 1.00 bits per heavy atom. The van der Waals surface area contributed by atoms with Gasteiger partial charge in [-0.05, 0) is 52.3 Å². The van der Waals surface area contributed by atoms with Crippen LogP contribution in [0.2, 0.25) is 0 Å². The van der Waals surface area contributed by atoms with Gasteiger partial charge in [-0.25, -0.2) is 4.39 Å². The summed E-state index contributed by atoms with van der Waals surface area (Å²) in [5.41, 5.74) is -7.50. The molecule has 2 aromatic carbocycles. The van der Waals surface area contributed by atoms with Crippen LogP contribution in [0.15, 0.2) is 30.3 Å². The fourth-order valence-corrected chi connectivity index (χ4v) is 3.69. The molecule has 0 aliphatic carbocycles. The molecule has 0 N–H and O–H groups in total. The minimum atomic E-state index is -6.22. The van der Waals surface area contributed by atoms with Crippen LogP contribution in [0.5, 0.6) is 0 Å². The maximum atomic E-state index is 14.9. The molecule has 28 heavy (non-hydrogen) atoms. The molecule has 149 valence electrons. The standard InChI is InChI=1S/C19H12F7IN/c1-2-3-12-8-14(17(20,18(21,22)23)19(24,25)26)16(15(27)9-12)13-6-4-11(10-28)5-7-13/h4-8H,2-3H2,1H3. The first kappa shape index (κ1) is 22.5. The van der Waals surface area contributed by atoms with Crippen molar-refractivity contribution in [3.05, 3.63) is 56.7 Å². The summed E-state index contributed by atoms with van der Waals surface area (Å²) >= 11 is 1.55. The van der Waals surface area contributed by atoms with E-state index in [0.29, 0.717) is 12.5 Å². The third kappa shape index (κ3) is 3.97. The summed E-state index contributed by atoms with van der Waals surface area (Å²) in [5.74, 6) is 0. The summed E-state index contributed by atoms with van der Waals surface area (Å²) in [7, 11) is 0. The topological polar surface area (TPSA) is 23.8 Å². The average Bonchev–Trinajstić information content (AvgIpc) is 2.59. The van der Waals surface area contributed by atoms with Gasteiger partial charge >= 0.3 is 18.0 Å². The van der Waals surface area contributed by atoms with Gasteiger partial charge in [0.05, 0.1) is 11.6 Å². The Morgan fingerprint density at radius 3 is 1.96 bits per heavy atom. The average molecular weight is 514 g/mol. The minimum Gasteiger partial charge on any atom is -0.218 e. The highest BCUT2D eigenvalue weighted by atomic mass is 127. The van der Waals surface area contributed by atoms with Gasteiger partial charge in [-0.1, -0.05) is 31.5 Å². The fourth-order valence-electron chi connectivity index (χ4n) is 2.74. The molecule has 0 amide bonds. The first-order valence-electron chi connectivity index (χ1n) is 7.94. The number of aryl methyl sites for hydroxylation is 1. The Labute approximate surface area is 170 Å². The normalized spacial score (nSPS) is 12.7. The van der Waals surface area contributed by atoms with Crippen LogP contribution >= 0.6 is 22.6 Å². The van der Waals surface area contributed by atoms with Crippen molar-refractivity contribution in [1.82, 2.24) is 0 Å². The van der Waals surface area contributed by atoms with Crippen molar-refractivity contribution in [1.29, 1.82) is 5.26 Å².